The topological polar surface area (TPSA) is 101 Å². The van der Waals surface area contributed by atoms with Gasteiger partial charge in [0.2, 0.25) is 9.84 Å². The minimum atomic E-state index is -3.91. The van der Waals surface area contributed by atoms with Crippen LogP contribution in [-0.2, 0) is 21.2 Å². The van der Waals surface area contributed by atoms with E-state index in [1.807, 2.05) is 0 Å². The molecule has 0 radical (unpaired) electrons. The third kappa shape index (κ3) is 3.27. The summed E-state index contributed by atoms with van der Waals surface area (Å²) in [7, 11) is -3.91. The second-order valence-electron chi connectivity index (χ2n) is 4.96. The quantitative estimate of drug-likeness (QED) is 0.794. The van der Waals surface area contributed by atoms with Gasteiger partial charge in [-0.2, -0.15) is 15.5 Å². The van der Waals surface area contributed by atoms with Gasteiger partial charge >= 0.3 is 0 Å². The fourth-order valence-electron chi connectivity index (χ4n) is 2.15. The minimum absolute atomic E-state index is 0.0303. The number of nitriles is 1. The molecule has 122 valence electrons. The Hall–Kier alpha value is -2.76. The van der Waals surface area contributed by atoms with Gasteiger partial charge < -0.3 is 9.47 Å². The van der Waals surface area contributed by atoms with E-state index < -0.39 is 15.2 Å². The summed E-state index contributed by atoms with van der Waals surface area (Å²) in [6.45, 7) is 0.572. The molecule has 1 heterocycles. The van der Waals surface area contributed by atoms with Crippen LogP contribution in [0, 0.1) is 11.3 Å². The Bertz CT molecular complexity index is 905. The molecule has 0 saturated carbocycles. The zero-order chi connectivity index (χ0) is 17.0. The first-order chi connectivity index (χ1) is 11.6. The third-order valence-corrected chi connectivity index (χ3v) is 5.07. The predicted molar refractivity (Wildman–Crippen MR) is 84.3 cm³/mol. The normalized spacial score (nSPS) is 15.3. The van der Waals surface area contributed by atoms with Crippen LogP contribution in [0.15, 0.2) is 63.7 Å². The Morgan fingerprint density at radius 1 is 1.17 bits per heavy atom. The highest BCUT2D eigenvalue weighted by Gasteiger charge is 2.27. The number of benzene rings is 2. The maximum atomic E-state index is 12.4. The van der Waals surface area contributed by atoms with E-state index in [2.05, 4.69) is 10.2 Å². The second kappa shape index (κ2) is 6.78. The van der Waals surface area contributed by atoms with Crippen molar-refractivity contribution in [2.75, 3.05) is 6.79 Å². The number of azo groups is 1. The Morgan fingerprint density at radius 2 is 1.96 bits per heavy atom. The molecule has 0 bridgehead atoms. The highest BCUT2D eigenvalue weighted by Crippen LogP contribution is 2.28. The Balaban J connectivity index is 1.86. The monoisotopic (exact) mass is 343 g/mol. The van der Waals surface area contributed by atoms with E-state index in [4.69, 9.17) is 9.47 Å². The smallest absolute Gasteiger partial charge is 0.261 e. The summed E-state index contributed by atoms with van der Waals surface area (Å²) in [5, 5.41) is 15.2. The molecule has 7 nitrogen and oxygen atoms in total. The maximum Gasteiger partial charge on any atom is 0.261 e. The van der Waals surface area contributed by atoms with Gasteiger partial charge in [-0.15, -0.1) is 0 Å². The van der Waals surface area contributed by atoms with Crippen molar-refractivity contribution in [3.05, 3.63) is 54.1 Å². The van der Waals surface area contributed by atoms with Crippen molar-refractivity contribution in [3.63, 3.8) is 0 Å². The van der Waals surface area contributed by atoms with E-state index >= 15 is 0 Å². The molecular formula is C16H13N3O4S. The largest absolute Gasteiger partial charge is 0.467 e. The molecule has 1 atom stereocenters. The van der Waals surface area contributed by atoms with Gasteiger partial charge in [-0.05, 0) is 30.3 Å². The number of fused-ring (bicyclic) bond motifs is 1. The average molecular weight is 343 g/mol. The van der Waals surface area contributed by atoms with Gasteiger partial charge in [0.15, 0.2) is 6.79 Å². The highest BCUT2D eigenvalue weighted by molar-refractivity contribution is 7.92. The summed E-state index contributed by atoms with van der Waals surface area (Å²) in [4.78, 5) is 0.0303. The van der Waals surface area contributed by atoms with Crippen LogP contribution in [0.4, 0.5) is 5.69 Å². The van der Waals surface area contributed by atoms with Crippen molar-refractivity contribution >= 4 is 15.5 Å². The summed E-state index contributed by atoms with van der Waals surface area (Å²) in [5.74, 6) is 0.689. The van der Waals surface area contributed by atoms with Crippen molar-refractivity contribution < 1.29 is 17.9 Å². The molecule has 2 aromatic carbocycles. The van der Waals surface area contributed by atoms with E-state index in [1.54, 1.807) is 42.5 Å². The van der Waals surface area contributed by atoms with Crippen molar-refractivity contribution in [2.24, 2.45) is 10.2 Å². The van der Waals surface area contributed by atoms with E-state index in [0.717, 1.165) is 5.56 Å². The Kier molecular flexibility index (Phi) is 4.55. The van der Waals surface area contributed by atoms with Crippen LogP contribution in [0.1, 0.15) is 5.56 Å². The molecule has 8 heteroatoms. The maximum absolute atomic E-state index is 12.4. The molecule has 24 heavy (non-hydrogen) atoms. The highest BCUT2D eigenvalue weighted by atomic mass is 32.2. The van der Waals surface area contributed by atoms with Crippen LogP contribution in [-0.4, -0.2) is 20.6 Å². The van der Waals surface area contributed by atoms with Crippen molar-refractivity contribution in [1.82, 2.24) is 0 Å². The van der Waals surface area contributed by atoms with Crippen LogP contribution in [0.25, 0.3) is 0 Å². The lowest BCUT2D eigenvalue weighted by atomic mass is 10.2. The number of nitrogens with zero attached hydrogens (tertiary/aromatic N) is 3. The van der Waals surface area contributed by atoms with E-state index in [9.17, 15) is 13.7 Å². The van der Waals surface area contributed by atoms with Crippen molar-refractivity contribution in [2.45, 2.75) is 16.9 Å². The minimum Gasteiger partial charge on any atom is -0.467 e. The van der Waals surface area contributed by atoms with Crippen LogP contribution in [0.2, 0.25) is 0 Å². The summed E-state index contributed by atoms with van der Waals surface area (Å²) in [6, 6.07) is 14.4. The van der Waals surface area contributed by atoms with Crippen molar-refractivity contribution in [3.8, 4) is 11.8 Å². The zero-order valence-electron chi connectivity index (χ0n) is 12.5. The first-order valence-corrected chi connectivity index (χ1v) is 8.59. The first kappa shape index (κ1) is 16.1. The van der Waals surface area contributed by atoms with Crippen LogP contribution < -0.4 is 4.74 Å². The Labute approximate surface area is 139 Å². The summed E-state index contributed by atoms with van der Waals surface area (Å²) >= 11 is 0. The van der Waals surface area contributed by atoms with Gasteiger partial charge in [-0.25, -0.2) is 8.42 Å². The van der Waals surface area contributed by atoms with Gasteiger partial charge in [0.1, 0.15) is 11.8 Å². The second-order valence-corrected chi connectivity index (χ2v) is 6.97. The van der Waals surface area contributed by atoms with E-state index in [-0.39, 0.29) is 11.7 Å². The number of sulfone groups is 1. The molecule has 0 fully saturated rings. The predicted octanol–water partition coefficient (Wildman–Crippen LogP) is 2.96. The molecule has 0 saturated heterocycles. The number of hydrogen-bond acceptors (Lipinski definition) is 7. The van der Waals surface area contributed by atoms with Gasteiger partial charge in [-0.3, -0.25) is 0 Å². The lowest BCUT2D eigenvalue weighted by molar-refractivity contribution is -0.0163. The summed E-state index contributed by atoms with van der Waals surface area (Å²) < 4.78 is 35.3. The van der Waals surface area contributed by atoms with Gasteiger partial charge in [0.05, 0.1) is 17.2 Å². The molecule has 0 aromatic heterocycles. The molecule has 2 aromatic rings. The third-order valence-electron chi connectivity index (χ3n) is 3.35. The number of ether oxygens (including phenoxy) is 2. The first-order valence-electron chi connectivity index (χ1n) is 7.04. The lowest BCUT2D eigenvalue weighted by Gasteiger charge is -2.17. The fraction of sp³-hybridized carbons (Fsp3) is 0.188. The van der Waals surface area contributed by atoms with Crippen molar-refractivity contribution in [1.29, 1.82) is 5.26 Å². The van der Waals surface area contributed by atoms with Crippen LogP contribution in [0.5, 0.6) is 5.75 Å². The number of hydrogen-bond donors (Lipinski definition) is 0. The number of rotatable bonds is 4. The van der Waals surface area contributed by atoms with E-state index in [0.29, 0.717) is 18.0 Å². The molecule has 3 rings (SSSR count). The molecule has 0 unspecified atom stereocenters. The fourth-order valence-corrected chi connectivity index (χ4v) is 3.26. The SMILES string of the molecule is N#C[C@H](N=Nc1ccc2c(c1)COCO2)S(=O)(=O)c1ccccc1. The Morgan fingerprint density at radius 3 is 2.71 bits per heavy atom. The van der Waals surface area contributed by atoms with E-state index in [1.165, 1.54) is 12.1 Å². The summed E-state index contributed by atoms with van der Waals surface area (Å²) in [5.41, 5.74) is 1.21. The molecule has 1 aliphatic heterocycles. The van der Waals surface area contributed by atoms with Crippen LogP contribution >= 0.6 is 0 Å². The molecule has 0 amide bonds. The van der Waals surface area contributed by atoms with Gasteiger partial charge in [0.25, 0.3) is 5.37 Å². The molecule has 0 spiro atoms. The molecular weight excluding hydrogens is 330 g/mol. The average Bonchev–Trinajstić information content (AvgIpc) is 2.62. The van der Waals surface area contributed by atoms with Gasteiger partial charge in [-0.1, -0.05) is 18.2 Å². The lowest BCUT2D eigenvalue weighted by Crippen LogP contribution is -2.16. The molecule has 0 aliphatic carbocycles. The standard InChI is InChI=1S/C16H13N3O4S/c17-9-16(24(20,21)14-4-2-1-3-5-14)19-18-13-6-7-15-12(8-13)10-22-11-23-15/h1-8,16H,10-11H2/t16-/m1/s1. The van der Waals surface area contributed by atoms with Gasteiger partial charge in [0, 0.05) is 5.56 Å². The van der Waals surface area contributed by atoms with Crippen LogP contribution in [0.3, 0.4) is 0 Å². The molecule has 1 aliphatic rings. The molecule has 0 N–H and O–H groups in total. The summed E-state index contributed by atoms with van der Waals surface area (Å²) in [6.07, 6.45) is 0. The zero-order valence-corrected chi connectivity index (χ0v) is 13.3.